The maximum Gasteiger partial charge on any atom is 0.191 e. The largest absolute Gasteiger partial charge is 0.497 e. The second-order valence-corrected chi connectivity index (χ2v) is 5.95. The summed E-state index contributed by atoms with van der Waals surface area (Å²) in [5, 5.41) is 16.5. The number of halogens is 2. The van der Waals surface area contributed by atoms with Crippen LogP contribution in [0.15, 0.2) is 47.5 Å². The third-order valence-electron chi connectivity index (χ3n) is 3.96. The molecule has 1 atom stereocenters. The first-order valence-corrected chi connectivity index (χ1v) is 8.62. The molecule has 0 heterocycles. The minimum atomic E-state index is -0.679. The third kappa shape index (κ3) is 7.34. The lowest BCUT2D eigenvalue weighted by atomic mass is 10.1. The van der Waals surface area contributed by atoms with Crippen LogP contribution in [0, 0.1) is 12.7 Å². The van der Waals surface area contributed by atoms with E-state index in [2.05, 4.69) is 15.6 Å². The van der Waals surface area contributed by atoms with Gasteiger partial charge in [-0.25, -0.2) is 9.38 Å². The molecule has 5 nitrogen and oxygen atoms in total. The molecule has 0 aliphatic rings. The molecule has 3 N–H and O–H groups in total. The van der Waals surface area contributed by atoms with Crippen LogP contribution >= 0.6 is 24.0 Å². The summed E-state index contributed by atoms with van der Waals surface area (Å²) in [7, 11) is 1.60. The van der Waals surface area contributed by atoms with Crippen molar-refractivity contribution in [2.45, 2.75) is 26.5 Å². The third-order valence-corrected chi connectivity index (χ3v) is 3.96. The maximum absolute atomic E-state index is 13.6. The smallest absolute Gasteiger partial charge is 0.191 e. The van der Waals surface area contributed by atoms with E-state index < -0.39 is 6.10 Å². The molecule has 0 amide bonds. The summed E-state index contributed by atoms with van der Waals surface area (Å²) in [6, 6.07) is 12.4. The highest BCUT2D eigenvalue weighted by molar-refractivity contribution is 14.0. The fraction of sp³-hybridized carbons (Fsp3) is 0.350. The van der Waals surface area contributed by atoms with E-state index in [0.29, 0.717) is 31.2 Å². The molecular weight excluding hydrogens is 460 g/mol. The number of ether oxygens (including phenoxy) is 1. The normalized spacial score (nSPS) is 12.1. The Hall–Kier alpha value is -1.87. The molecule has 0 fully saturated rings. The zero-order valence-electron chi connectivity index (χ0n) is 15.8. The number of aliphatic hydroxyl groups is 1. The first-order chi connectivity index (χ1) is 12.5. The Morgan fingerprint density at radius 1 is 1.19 bits per heavy atom. The van der Waals surface area contributed by atoms with Gasteiger partial charge in [-0.15, -0.1) is 24.0 Å². The van der Waals surface area contributed by atoms with Crippen LogP contribution in [0.4, 0.5) is 4.39 Å². The number of nitrogens with zero attached hydrogens (tertiary/aromatic N) is 1. The van der Waals surface area contributed by atoms with Crippen LogP contribution in [0.5, 0.6) is 5.75 Å². The number of hydrogen-bond donors (Lipinski definition) is 3. The molecule has 2 aromatic rings. The lowest BCUT2D eigenvalue weighted by Crippen LogP contribution is -2.39. The van der Waals surface area contributed by atoms with E-state index in [4.69, 9.17) is 4.74 Å². The molecule has 148 valence electrons. The van der Waals surface area contributed by atoms with Gasteiger partial charge in [0.25, 0.3) is 0 Å². The SMILES string of the molecule is CCNC(=NCc1ccc(C)c(F)c1)NCC(O)c1ccc(OC)cc1.I. The molecule has 2 aromatic carbocycles. The van der Waals surface area contributed by atoms with E-state index in [9.17, 15) is 9.50 Å². The molecule has 1 unspecified atom stereocenters. The van der Waals surface area contributed by atoms with Crippen molar-refractivity contribution in [2.24, 2.45) is 4.99 Å². The topological polar surface area (TPSA) is 65.9 Å². The summed E-state index contributed by atoms with van der Waals surface area (Å²) in [5.41, 5.74) is 2.20. The highest BCUT2D eigenvalue weighted by atomic mass is 127. The van der Waals surface area contributed by atoms with Crippen LogP contribution in [0.25, 0.3) is 0 Å². The van der Waals surface area contributed by atoms with Gasteiger partial charge in [0.2, 0.25) is 0 Å². The van der Waals surface area contributed by atoms with Crippen LogP contribution in [0.1, 0.15) is 29.7 Å². The standard InChI is InChI=1S/C20H26FN3O2.HI/c1-4-22-20(23-12-15-6-5-14(2)18(21)11-15)24-13-19(25)16-7-9-17(26-3)10-8-16;/h5-11,19,25H,4,12-13H2,1-3H3,(H2,22,23,24);1H. The summed E-state index contributed by atoms with van der Waals surface area (Å²) in [5.74, 6) is 1.08. The highest BCUT2D eigenvalue weighted by Gasteiger charge is 2.09. The Morgan fingerprint density at radius 2 is 1.89 bits per heavy atom. The predicted octanol–water partition coefficient (Wildman–Crippen LogP) is 3.55. The van der Waals surface area contributed by atoms with Gasteiger partial charge in [-0.05, 0) is 48.7 Å². The molecule has 0 aliphatic carbocycles. The number of aliphatic hydroxyl groups excluding tert-OH is 1. The quantitative estimate of drug-likeness (QED) is 0.318. The van der Waals surface area contributed by atoms with E-state index in [-0.39, 0.29) is 29.8 Å². The van der Waals surface area contributed by atoms with Gasteiger partial charge in [-0.2, -0.15) is 0 Å². The van der Waals surface area contributed by atoms with E-state index >= 15 is 0 Å². The predicted molar refractivity (Wildman–Crippen MR) is 117 cm³/mol. The lowest BCUT2D eigenvalue weighted by molar-refractivity contribution is 0.180. The summed E-state index contributed by atoms with van der Waals surface area (Å²) >= 11 is 0. The van der Waals surface area contributed by atoms with E-state index in [0.717, 1.165) is 16.9 Å². The molecule has 0 spiro atoms. The Kier molecular flexibility index (Phi) is 10.1. The van der Waals surface area contributed by atoms with Gasteiger partial charge in [0.05, 0.1) is 19.8 Å². The minimum absolute atomic E-state index is 0. The minimum Gasteiger partial charge on any atom is -0.497 e. The molecule has 0 radical (unpaired) electrons. The van der Waals surface area contributed by atoms with Crippen molar-refractivity contribution < 1.29 is 14.2 Å². The molecular formula is C20H27FIN3O2. The number of guanidine groups is 1. The number of hydrogen-bond acceptors (Lipinski definition) is 3. The molecule has 7 heteroatoms. The lowest BCUT2D eigenvalue weighted by Gasteiger charge is -2.16. The van der Waals surface area contributed by atoms with Crippen molar-refractivity contribution in [3.05, 3.63) is 65.0 Å². The van der Waals surface area contributed by atoms with Crippen molar-refractivity contribution >= 4 is 29.9 Å². The monoisotopic (exact) mass is 487 g/mol. The fourth-order valence-electron chi connectivity index (χ4n) is 2.38. The van der Waals surface area contributed by atoms with Gasteiger partial charge in [-0.1, -0.05) is 24.3 Å². The van der Waals surface area contributed by atoms with Crippen LogP contribution < -0.4 is 15.4 Å². The number of aliphatic imine (C=N–C) groups is 1. The summed E-state index contributed by atoms with van der Waals surface area (Å²) in [6.07, 6.45) is -0.679. The summed E-state index contributed by atoms with van der Waals surface area (Å²) in [6.45, 7) is 5.04. The Bertz CT molecular complexity index is 739. The second kappa shape index (κ2) is 11.8. The second-order valence-electron chi connectivity index (χ2n) is 5.95. The van der Waals surface area contributed by atoms with Gasteiger partial charge < -0.3 is 20.5 Å². The molecule has 2 rings (SSSR count). The Balaban J connectivity index is 0.00000364. The number of rotatable bonds is 7. The van der Waals surface area contributed by atoms with Crippen molar-refractivity contribution in [2.75, 3.05) is 20.2 Å². The Morgan fingerprint density at radius 3 is 2.48 bits per heavy atom. The Labute approximate surface area is 177 Å². The van der Waals surface area contributed by atoms with E-state index in [1.165, 1.54) is 6.07 Å². The highest BCUT2D eigenvalue weighted by Crippen LogP contribution is 2.17. The van der Waals surface area contributed by atoms with Gasteiger partial charge >= 0.3 is 0 Å². The van der Waals surface area contributed by atoms with Crippen LogP contribution in [0.3, 0.4) is 0 Å². The van der Waals surface area contributed by atoms with Gasteiger partial charge in [0.15, 0.2) is 5.96 Å². The summed E-state index contributed by atoms with van der Waals surface area (Å²) < 4.78 is 18.7. The zero-order valence-corrected chi connectivity index (χ0v) is 18.2. The first kappa shape index (κ1) is 23.2. The molecule has 0 aliphatic heterocycles. The number of methoxy groups -OCH3 is 1. The van der Waals surface area contributed by atoms with Crippen LogP contribution in [-0.4, -0.2) is 31.3 Å². The molecule has 27 heavy (non-hydrogen) atoms. The van der Waals surface area contributed by atoms with Crippen molar-refractivity contribution in [3.8, 4) is 5.75 Å². The molecule has 0 aromatic heterocycles. The summed E-state index contributed by atoms with van der Waals surface area (Å²) in [4.78, 5) is 4.44. The van der Waals surface area contributed by atoms with Crippen molar-refractivity contribution in [1.82, 2.24) is 10.6 Å². The number of nitrogens with one attached hydrogen (secondary N) is 2. The van der Waals surface area contributed by atoms with E-state index in [1.54, 1.807) is 20.1 Å². The molecule has 0 saturated carbocycles. The van der Waals surface area contributed by atoms with Crippen LogP contribution in [0.2, 0.25) is 0 Å². The average Bonchev–Trinajstić information content (AvgIpc) is 2.66. The molecule has 0 saturated heterocycles. The van der Waals surface area contributed by atoms with Gasteiger partial charge in [0.1, 0.15) is 11.6 Å². The average molecular weight is 487 g/mol. The number of benzene rings is 2. The number of aryl methyl sites for hydroxylation is 1. The van der Waals surface area contributed by atoms with Gasteiger partial charge in [-0.3, -0.25) is 0 Å². The van der Waals surface area contributed by atoms with Crippen molar-refractivity contribution in [3.63, 3.8) is 0 Å². The van der Waals surface area contributed by atoms with Crippen LogP contribution in [-0.2, 0) is 6.54 Å². The fourth-order valence-corrected chi connectivity index (χ4v) is 2.38. The van der Waals surface area contributed by atoms with E-state index in [1.807, 2.05) is 37.3 Å². The first-order valence-electron chi connectivity index (χ1n) is 8.62. The maximum atomic E-state index is 13.6. The van der Waals surface area contributed by atoms with Crippen molar-refractivity contribution in [1.29, 1.82) is 0 Å². The molecule has 0 bridgehead atoms. The van der Waals surface area contributed by atoms with Gasteiger partial charge in [0, 0.05) is 13.1 Å². The zero-order chi connectivity index (χ0) is 18.9.